The summed E-state index contributed by atoms with van der Waals surface area (Å²) in [6.07, 6.45) is 92.1. The van der Waals surface area contributed by atoms with Gasteiger partial charge in [-0.25, -0.2) is 0 Å². The highest BCUT2D eigenvalue weighted by Crippen LogP contribution is 2.18. The Kier molecular flexibility index (Phi) is 67.6. The second-order valence-electron chi connectivity index (χ2n) is 24.1. The van der Waals surface area contributed by atoms with Crippen LogP contribution in [-0.2, 0) is 28.6 Å². The summed E-state index contributed by atoms with van der Waals surface area (Å²) in [6, 6.07) is 0. The molecule has 0 saturated carbocycles. The molecule has 0 rings (SSSR count). The van der Waals surface area contributed by atoms with E-state index in [9.17, 15) is 14.4 Å². The van der Waals surface area contributed by atoms with Crippen molar-refractivity contribution in [3.8, 4) is 0 Å². The van der Waals surface area contributed by atoms with Crippen molar-refractivity contribution < 1.29 is 28.6 Å². The molecule has 6 nitrogen and oxygen atoms in total. The van der Waals surface area contributed by atoms with Crippen LogP contribution in [0.4, 0.5) is 0 Å². The Balaban J connectivity index is 4.34. The third-order valence-electron chi connectivity index (χ3n) is 15.9. The van der Waals surface area contributed by atoms with Crippen molar-refractivity contribution in [2.75, 3.05) is 13.2 Å². The first-order chi connectivity index (χ1) is 40.5. The van der Waals surface area contributed by atoms with Crippen LogP contribution in [-0.4, -0.2) is 37.2 Å². The first-order valence-electron chi connectivity index (χ1n) is 35.9. The summed E-state index contributed by atoms with van der Waals surface area (Å²) in [5.74, 6) is -0.868. The van der Waals surface area contributed by atoms with Gasteiger partial charge in [-0.3, -0.25) is 14.4 Å². The number of ether oxygens (including phenoxy) is 3. The Morgan fingerprint density at radius 2 is 0.476 bits per heavy atom. The minimum Gasteiger partial charge on any atom is -0.462 e. The second-order valence-corrected chi connectivity index (χ2v) is 24.1. The van der Waals surface area contributed by atoms with Crippen LogP contribution in [0.25, 0.3) is 0 Å². The summed E-state index contributed by atoms with van der Waals surface area (Å²) >= 11 is 0. The molecule has 0 amide bonds. The summed E-state index contributed by atoms with van der Waals surface area (Å²) in [6.45, 7) is 6.57. The number of esters is 3. The standard InChI is InChI=1S/C76H136O6/c1-4-7-10-13-16-19-22-25-28-31-34-36-37-38-39-41-42-45-48-51-54-57-60-63-66-69-75(78)81-72-73(71-80-74(77)68-65-62-59-56-53-50-47-44-33-30-27-24-21-18-15-12-9-6-3)82-76(79)70-67-64-61-58-55-52-49-46-43-40-35-32-29-26-23-20-17-14-11-8-5-2/h8,11,17,20,26,29-31,33-35,40,73H,4-7,9-10,12-16,18-19,21-25,27-28,32,36-39,41-72H2,1-3H3/b11-8-,20-17-,29-26-,33-30-,34-31-,40-35-. The van der Waals surface area contributed by atoms with Crippen LogP contribution in [0.1, 0.15) is 374 Å². The summed E-state index contributed by atoms with van der Waals surface area (Å²) in [4.78, 5) is 38.5. The molecule has 82 heavy (non-hydrogen) atoms. The highest BCUT2D eigenvalue weighted by Gasteiger charge is 2.19. The predicted molar refractivity (Wildman–Crippen MR) is 358 cm³/mol. The summed E-state index contributed by atoms with van der Waals surface area (Å²) in [5, 5.41) is 0. The number of allylic oxidation sites excluding steroid dienone is 12. The number of unbranched alkanes of at least 4 members (excludes halogenated alkanes) is 43. The lowest BCUT2D eigenvalue weighted by molar-refractivity contribution is -0.167. The Bertz CT molecular complexity index is 1500. The lowest BCUT2D eigenvalue weighted by Crippen LogP contribution is -2.30. The third kappa shape index (κ3) is 67.6. The molecule has 0 N–H and O–H groups in total. The lowest BCUT2D eigenvalue weighted by Gasteiger charge is -2.18. The first-order valence-corrected chi connectivity index (χ1v) is 35.9. The van der Waals surface area contributed by atoms with Gasteiger partial charge in [-0.1, -0.05) is 318 Å². The van der Waals surface area contributed by atoms with Gasteiger partial charge in [-0.2, -0.15) is 0 Å². The van der Waals surface area contributed by atoms with Crippen LogP contribution < -0.4 is 0 Å². The SMILES string of the molecule is CC/C=C\C/C=C\C/C=C\C/C=C\CCCCCCCCCCC(=O)OC(COC(=O)CCCCCCCCC/C=C\CCCCCCCCC)COC(=O)CCCCCCCCCCCCCCC/C=C\CCCCCCCCCC. The second kappa shape index (κ2) is 70.3. The molecule has 0 aliphatic heterocycles. The number of hydrogen-bond acceptors (Lipinski definition) is 6. The van der Waals surface area contributed by atoms with Gasteiger partial charge in [0.15, 0.2) is 6.10 Å². The number of carbonyl (C=O) groups is 3. The maximum Gasteiger partial charge on any atom is 0.306 e. The van der Waals surface area contributed by atoms with Gasteiger partial charge in [0.05, 0.1) is 0 Å². The monoisotopic (exact) mass is 1150 g/mol. The highest BCUT2D eigenvalue weighted by molar-refractivity contribution is 5.71. The van der Waals surface area contributed by atoms with Gasteiger partial charge in [-0.15, -0.1) is 0 Å². The van der Waals surface area contributed by atoms with Crippen LogP contribution in [0, 0.1) is 0 Å². The molecule has 1 unspecified atom stereocenters. The summed E-state index contributed by atoms with van der Waals surface area (Å²) < 4.78 is 17.0. The van der Waals surface area contributed by atoms with Crippen molar-refractivity contribution >= 4 is 17.9 Å². The van der Waals surface area contributed by atoms with E-state index in [-0.39, 0.29) is 31.1 Å². The zero-order valence-electron chi connectivity index (χ0n) is 54.8. The molecular weight excluding hydrogens is 1010 g/mol. The van der Waals surface area contributed by atoms with E-state index in [1.54, 1.807) is 0 Å². The van der Waals surface area contributed by atoms with E-state index < -0.39 is 6.10 Å². The molecule has 0 saturated heterocycles. The van der Waals surface area contributed by atoms with Gasteiger partial charge in [0, 0.05) is 19.3 Å². The van der Waals surface area contributed by atoms with Gasteiger partial charge >= 0.3 is 17.9 Å². The average Bonchev–Trinajstić information content (AvgIpc) is 3.47. The van der Waals surface area contributed by atoms with Crippen LogP contribution in [0.2, 0.25) is 0 Å². The zero-order valence-corrected chi connectivity index (χ0v) is 54.8. The molecule has 0 heterocycles. The van der Waals surface area contributed by atoms with Gasteiger partial charge < -0.3 is 14.2 Å². The van der Waals surface area contributed by atoms with E-state index in [1.807, 2.05) is 0 Å². The van der Waals surface area contributed by atoms with Crippen molar-refractivity contribution in [1.82, 2.24) is 0 Å². The maximum atomic E-state index is 13.0. The van der Waals surface area contributed by atoms with E-state index in [2.05, 4.69) is 93.7 Å². The van der Waals surface area contributed by atoms with Crippen molar-refractivity contribution in [2.24, 2.45) is 0 Å². The Labute approximate surface area is 510 Å². The third-order valence-corrected chi connectivity index (χ3v) is 15.9. The molecule has 1 atom stereocenters. The molecular formula is C76H136O6. The molecule has 0 aliphatic rings. The number of hydrogen-bond donors (Lipinski definition) is 0. The fourth-order valence-corrected chi connectivity index (χ4v) is 10.5. The minimum absolute atomic E-state index is 0.0775. The molecule has 0 aliphatic carbocycles. The zero-order chi connectivity index (χ0) is 59.2. The van der Waals surface area contributed by atoms with Gasteiger partial charge in [-0.05, 0) is 109 Å². The fourth-order valence-electron chi connectivity index (χ4n) is 10.5. The van der Waals surface area contributed by atoms with Gasteiger partial charge in [0.1, 0.15) is 13.2 Å². The molecule has 0 aromatic rings. The Morgan fingerprint density at radius 3 is 0.756 bits per heavy atom. The van der Waals surface area contributed by atoms with E-state index in [4.69, 9.17) is 14.2 Å². The maximum absolute atomic E-state index is 13.0. The van der Waals surface area contributed by atoms with Crippen LogP contribution in [0.15, 0.2) is 72.9 Å². The van der Waals surface area contributed by atoms with Crippen molar-refractivity contribution in [3.63, 3.8) is 0 Å². The molecule has 476 valence electrons. The summed E-state index contributed by atoms with van der Waals surface area (Å²) in [5.41, 5.74) is 0. The molecule has 0 fully saturated rings. The van der Waals surface area contributed by atoms with Crippen molar-refractivity contribution in [2.45, 2.75) is 380 Å². The smallest absolute Gasteiger partial charge is 0.306 e. The summed E-state index contributed by atoms with van der Waals surface area (Å²) in [7, 11) is 0. The number of rotatable bonds is 66. The topological polar surface area (TPSA) is 78.9 Å². The molecule has 6 heteroatoms. The normalized spacial score (nSPS) is 12.5. The van der Waals surface area contributed by atoms with E-state index in [0.29, 0.717) is 19.3 Å². The van der Waals surface area contributed by atoms with Crippen LogP contribution >= 0.6 is 0 Å². The molecule has 0 radical (unpaired) electrons. The van der Waals surface area contributed by atoms with Crippen LogP contribution in [0.5, 0.6) is 0 Å². The predicted octanol–water partition coefficient (Wildman–Crippen LogP) is 24.8. The molecule has 0 bridgehead atoms. The number of carbonyl (C=O) groups excluding carboxylic acids is 3. The first kappa shape index (κ1) is 78.8. The fraction of sp³-hybridized carbons (Fsp3) is 0.803. The van der Waals surface area contributed by atoms with E-state index in [1.165, 1.54) is 244 Å². The Hall–Kier alpha value is -3.15. The van der Waals surface area contributed by atoms with Gasteiger partial charge in [0.2, 0.25) is 0 Å². The average molecular weight is 1150 g/mol. The van der Waals surface area contributed by atoms with E-state index >= 15 is 0 Å². The highest BCUT2D eigenvalue weighted by atomic mass is 16.6. The van der Waals surface area contributed by atoms with Crippen molar-refractivity contribution in [3.05, 3.63) is 72.9 Å². The largest absolute Gasteiger partial charge is 0.462 e. The molecule has 0 spiro atoms. The lowest BCUT2D eigenvalue weighted by atomic mass is 10.0. The van der Waals surface area contributed by atoms with Crippen LogP contribution in [0.3, 0.4) is 0 Å². The molecule has 0 aromatic heterocycles. The minimum atomic E-state index is -0.784. The van der Waals surface area contributed by atoms with Crippen molar-refractivity contribution in [1.29, 1.82) is 0 Å². The quantitative estimate of drug-likeness (QED) is 0.0261. The van der Waals surface area contributed by atoms with Gasteiger partial charge in [0.25, 0.3) is 0 Å². The molecule has 0 aromatic carbocycles. The Morgan fingerprint density at radius 1 is 0.256 bits per heavy atom. The van der Waals surface area contributed by atoms with E-state index in [0.717, 1.165) is 89.9 Å².